The van der Waals surface area contributed by atoms with Gasteiger partial charge in [-0.1, -0.05) is 19.1 Å². The highest BCUT2D eigenvalue weighted by Crippen LogP contribution is 2.21. The molecule has 19 heavy (non-hydrogen) atoms. The van der Waals surface area contributed by atoms with Crippen LogP contribution in [0.4, 0.5) is 0 Å². The van der Waals surface area contributed by atoms with E-state index in [0.29, 0.717) is 19.6 Å². The Kier molecular flexibility index (Phi) is 5.36. The Labute approximate surface area is 115 Å². The van der Waals surface area contributed by atoms with Crippen molar-refractivity contribution in [2.45, 2.75) is 39.7 Å². The fourth-order valence-corrected chi connectivity index (χ4v) is 1.93. The van der Waals surface area contributed by atoms with Gasteiger partial charge in [-0.05, 0) is 44.5 Å². The van der Waals surface area contributed by atoms with Gasteiger partial charge in [0, 0.05) is 6.42 Å². The number of hydrogen-bond donors (Lipinski definition) is 2. The highest BCUT2D eigenvalue weighted by atomic mass is 16.5. The number of carbonyl (C=O) groups is 1. The first-order chi connectivity index (χ1) is 8.90. The third-order valence-corrected chi connectivity index (χ3v) is 3.53. The fourth-order valence-electron chi connectivity index (χ4n) is 1.93. The van der Waals surface area contributed by atoms with E-state index in [1.54, 1.807) is 0 Å². The Morgan fingerprint density at radius 2 is 2.11 bits per heavy atom. The average molecular weight is 264 g/mol. The van der Waals surface area contributed by atoms with Crippen LogP contribution in [0.5, 0.6) is 5.75 Å². The zero-order chi connectivity index (χ0) is 14.5. The minimum absolute atomic E-state index is 0.348. The SMILES string of the molecule is CCNC(C)(CCOc1cccc(C)c1C)C(N)=O. The molecule has 4 heteroatoms. The maximum Gasteiger partial charge on any atom is 0.237 e. The quantitative estimate of drug-likeness (QED) is 0.791. The van der Waals surface area contributed by atoms with Crippen molar-refractivity contribution in [3.8, 4) is 5.75 Å². The molecule has 0 aromatic heterocycles. The molecule has 0 radical (unpaired) electrons. The second-order valence-corrected chi connectivity index (χ2v) is 5.02. The number of hydrogen-bond acceptors (Lipinski definition) is 3. The number of primary amides is 1. The van der Waals surface area contributed by atoms with E-state index in [-0.39, 0.29) is 5.91 Å². The molecule has 1 aromatic rings. The number of aryl methyl sites for hydroxylation is 1. The van der Waals surface area contributed by atoms with Crippen molar-refractivity contribution >= 4 is 5.91 Å². The van der Waals surface area contributed by atoms with E-state index in [2.05, 4.69) is 5.32 Å². The summed E-state index contributed by atoms with van der Waals surface area (Å²) in [4.78, 5) is 11.5. The largest absolute Gasteiger partial charge is 0.493 e. The summed E-state index contributed by atoms with van der Waals surface area (Å²) >= 11 is 0. The van der Waals surface area contributed by atoms with Gasteiger partial charge in [0.25, 0.3) is 0 Å². The lowest BCUT2D eigenvalue weighted by atomic mass is 9.97. The fraction of sp³-hybridized carbons (Fsp3) is 0.533. The smallest absolute Gasteiger partial charge is 0.237 e. The lowest BCUT2D eigenvalue weighted by molar-refractivity contribution is -0.124. The standard InChI is InChI=1S/C15H24N2O2/c1-5-17-15(4,14(16)18)9-10-19-13-8-6-7-11(2)12(13)3/h6-8,17H,5,9-10H2,1-4H3,(H2,16,18). The summed E-state index contributed by atoms with van der Waals surface area (Å²) in [6, 6.07) is 5.96. The maximum absolute atomic E-state index is 11.5. The topological polar surface area (TPSA) is 64.3 Å². The highest BCUT2D eigenvalue weighted by Gasteiger charge is 2.29. The molecule has 106 valence electrons. The molecule has 0 spiro atoms. The molecular formula is C15H24N2O2. The molecule has 0 saturated heterocycles. The first-order valence-corrected chi connectivity index (χ1v) is 6.64. The molecule has 1 amide bonds. The molecule has 0 aliphatic heterocycles. The van der Waals surface area contributed by atoms with E-state index in [1.165, 1.54) is 5.56 Å². The van der Waals surface area contributed by atoms with Crippen molar-refractivity contribution < 1.29 is 9.53 Å². The van der Waals surface area contributed by atoms with Gasteiger partial charge in [0.05, 0.1) is 12.1 Å². The molecule has 1 atom stereocenters. The van der Waals surface area contributed by atoms with Crippen molar-refractivity contribution in [3.05, 3.63) is 29.3 Å². The molecule has 0 fully saturated rings. The number of likely N-dealkylation sites (N-methyl/N-ethyl adjacent to an activating group) is 1. The van der Waals surface area contributed by atoms with Crippen LogP contribution in [0.25, 0.3) is 0 Å². The molecule has 0 heterocycles. The molecule has 1 rings (SSSR count). The second kappa shape index (κ2) is 6.57. The first-order valence-electron chi connectivity index (χ1n) is 6.64. The number of amides is 1. The molecule has 0 aliphatic rings. The molecule has 1 aromatic carbocycles. The van der Waals surface area contributed by atoms with E-state index in [1.807, 2.05) is 45.9 Å². The minimum atomic E-state index is -0.716. The Balaban J connectivity index is 2.62. The van der Waals surface area contributed by atoms with Crippen LogP contribution in [0.3, 0.4) is 0 Å². The Hall–Kier alpha value is -1.55. The van der Waals surface area contributed by atoms with Crippen LogP contribution in [-0.4, -0.2) is 24.6 Å². The van der Waals surface area contributed by atoms with Gasteiger partial charge in [0.1, 0.15) is 5.75 Å². The summed E-state index contributed by atoms with van der Waals surface area (Å²) < 4.78 is 5.76. The van der Waals surface area contributed by atoms with Gasteiger partial charge in [-0.3, -0.25) is 4.79 Å². The molecule has 3 N–H and O–H groups in total. The summed E-state index contributed by atoms with van der Waals surface area (Å²) in [5.74, 6) is 0.516. The average Bonchev–Trinajstić information content (AvgIpc) is 2.34. The third-order valence-electron chi connectivity index (χ3n) is 3.53. The van der Waals surface area contributed by atoms with Crippen LogP contribution in [-0.2, 0) is 4.79 Å². The zero-order valence-electron chi connectivity index (χ0n) is 12.2. The van der Waals surface area contributed by atoms with Crippen LogP contribution < -0.4 is 15.8 Å². The van der Waals surface area contributed by atoms with E-state index < -0.39 is 5.54 Å². The Morgan fingerprint density at radius 3 is 2.68 bits per heavy atom. The van der Waals surface area contributed by atoms with E-state index in [9.17, 15) is 4.79 Å². The van der Waals surface area contributed by atoms with Crippen molar-refractivity contribution in [1.82, 2.24) is 5.32 Å². The third kappa shape index (κ3) is 3.96. The van der Waals surface area contributed by atoms with Crippen LogP contribution in [0.1, 0.15) is 31.4 Å². The van der Waals surface area contributed by atoms with Crippen molar-refractivity contribution in [2.24, 2.45) is 5.73 Å². The van der Waals surface area contributed by atoms with Crippen molar-refractivity contribution in [3.63, 3.8) is 0 Å². The summed E-state index contributed by atoms with van der Waals surface area (Å²) in [5.41, 5.74) is 7.05. The number of benzene rings is 1. The second-order valence-electron chi connectivity index (χ2n) is 5.02. The van der Waals surface area contributed by atoms with E-state index in [0.717, 1.165) is 11.3 Å². The Bertz CT molecular complexity index is 446. The van der Waals surface area contributed by atoms with Gasteiger partial charge >= 0.3 is 0 Å². The molecule has 4 nitrogen and oxygen atoms in total. The van der Waals surface area contributed by atoms with Crippen LogP contribution in [0, 0.1) is 13.8 Å². The van der Waals surface area contributed by atoms with Crippen molar-refractivity contribution in [1.29, 1.82) is 0 Å². The molecule has 1 unspecified atom stereocenters. The van der Waals surface area contributed by atoms with Crippen LogP contribution >= 0.6 is 0 Å². The van der Waals surface area contributed by atoms with Gasteiger partial charge in [-0.25, -0.2) is 0 Å². The number of nitrogens with one attached hydrogen (secondary N) is 1. The first kappa shape index (κ1) is 15.5. The van der Waals surface area contributed by atoms with Crippen LogP contribution in [0.15, 0.2) is 18.2 Å². The monoisotopic (exact) mass is 264 g/mol. The maximum atomic E-state index is 11.5. The van der Waals surface area contributed by atoms with Gasteiger partial charge in [0.2, 0.25) is 5.91 Å². The number of ether oxygens (including phenoxy) is 1. The lowest BCUT2D eigenvalue weighted by Crippen LogP contribution is -2.53. The zero-order valence-corrected chi connectivity index (χ0v) is 12.2. The van der Waals surface area contributed by atoms with Gasteiger partial charge in [-0.15, -0.1) is 0 Å². The number of carbonyl (C=O) groups excluding carboxylic acids is 1. The predicted octanol–water partition coefficient (Wildman–Crippen LogP) is 1.93. The van der Waals surface area contributed by atoms with Crippen molar-refractivity contribution in [2.75, 3.05) is 13.2 Å². The summed E-state index contributed by atoms with van der Waals surface area (Å²) in [5, 5.41) is 3.12. The Morgan fingerprint density at radius 1 is 1.42 bits per heavy atom. The van der Waals surface area contributed by atoms with E-state index in [4.69, 9.17) is 10.5 Å². The van der Waals surface area contributed by atoms with Gasteiger partial charge < -0.3 is 15.8 Å². The predicted molar refractivity (Wildman–Crippen MR) is 77.3 cm³/mol. The van der Waals surface area contributed by atoms with Gasteiger partial charge in [0.15, 0.2) is 0 Å². The lowest BCUT2D eigenvalue weighted by Gasteiger charge is -2.27. The minimum Gasteiger partial charge on any atom is -0.493 e. The molecule has 0 bridgehead atoms. The van der Waals surface area contributed by atoms with E-state index >= 15 is 0 Å². The molecule has 0 saturated carbocycles. The molecular weight excluding hydrogens is 240 g/mol. The number of rotatable bonds is 7. The van der Waals surface area contributed by atoms with Crippen LogP contribution in [0.2, 0.25) is 0 Å². The summed E-state index contributed by atoms with van der Waals surface area (Å²) in [6.45, 7) is 8.99. The number of nitrogens with two attached hydrogens (primary N) is 1. The van der Waals surface area contributed by atoms with Gasteiger partial charge in [-0.2, -0.15) is 0 Å². The normalized spacial score (nSPS) is 13.9. The summed E-state index contributed by atoms with van der Waals surface area (Å²) in [6.07, 6.45) is 0.545. The summed E-state index contributed by atoms with van der Waals surface area (Å²) in [7, 11) is 0. The highest BCUT2D eigenvalue weighted by molar-refractivity contribution is 5.84. The molecule has 0 aliphatic carbocycles.